The first-order valence-corrected chi connectivity index (χ1v) is 12.3. The van der Waals surface area contributed by atoms with Crippen LogP contribution in [0.15, 0.2) is 34.2 Å². The number of nitrogens with zero attached hydrogens (tertiary/aromatic N) is 2. The Morgan fingerprint density at radius 2 is 1.96 bits per heavy atom. The molecule has 0 radical (unpaired) electrons. The maximum absolute atomic E-state index is 11.5. The highest BCUT2D eigenvalue weighted by Gasteiger charge is 2.22. The van der Waals surface area contributed by atoms with Crippen LogP contribution in [0.25, 0.3) is 0 Å². The van der Waals surface area contributed by atoms with Gasteiger partial charge in [0.2, 0.25) is 0 Å². The smallest absolute Gasteiger partial charge is 0.191 e. The molecule has 1 aliphatic rings. The third-order valence-electron chi connectivity index (χ3n) is 5.34. The summed E-state index contributed by atoms with van der Waals surface area (Å²) in [6, 6.07) is 8.18. The summed E-state index contributed by atoms with van der Waals surface area (Å²) < 4.78 is 23.1. The molecule has 1 fully saturated rings. The highest BCUT2D eigenvalue weighted by molar-refractivity contribution is 7.90. The highest BCUT2D eigenvalue weighted by atomic mass is 32.2. The summed E-state index contributed by atoms with van der Waals surface area (Å²) in [6.45, 7) is 10.2. The van der Waals surface area contributed by atoms with Gasteiger partial charge in [-0.05, 0) is 64.3 Å². The number of rotatable bonds is 8. The van der Waals surface area contributed by atoms with Crippen LogP contribution in [0.5, 0.6) is 0 Å². The van der Waals surface area contributed by atoms with E-state index in [0.29, 0.717) is 17.0 Å². The van der Waals surface area contributed by atoms with Gasteiger partial charge in [-0.15, -0.1) is 0 Å². The number of hydrogen-bond donors (Lipinski definition) is 2. The minimum absolute atomic E-state index is 0.361. The van der Waals surface area contributed by atoms with Crippen LogP contribution in [0.1, 0.15) is 45.6 Å². The molecule has 1 heterocycles. The lowest BCUT2D eigenvalue weighted by atomic mass is 10.0. The Morgan fingerprint density at radius 3 is 2.57 bits per heavy atom. The Kier molecular flexibility index (Phi) is 8.76. The first kappa shape index (κ1) is 22.7. The van der Waals surface area contributed by atoms with Crippen molar-refractivity contribution in [3.8, 4) is 0 Å². The number of likely N-dealkylation sites (tertiary alicyclic amines) is 1. The van der Waals surface area contributed by atoms with Crippen LogP contribution in [0, 0.1) is 0 Å². The van der Waals surface area contributed by atoms with E-state index in [-0.39, 0.29) is 0 Å². The topological polar surface area (TPSA) is 73.8 Å². The molecule has 1 aromatic rings. The molecule has 158 valence electrons. The van der Waals surface area contributed by atoms with Gasteiger partial charge in [-0.2, -0.15) is 0 Å². The summed E-state index contributed by atoms with van der Waals surface area (Å²) in [5.41, 5.74) is 1.10. The summed E-state index contributed by atoms with van der Waals surface area (Å²) in [5.74, 6) is 0.840. The third kappa shape index (κ3) is 7.09. The SMILES string of the molecule is CCNC(=NCC(C)N1CCCCC1C)NCCc1ccc(S(C)(=O)=O)cc1. The second kappa shape index (κ2) is 10.8. The van der Waals surface area contributed by atoms with Gasteiger partial charge in [-0.1, -0.05) is 18.6 Å². The molecule has 1 aliphatic heterocycles. The number of sulfone groups is 1. The number of nitrogens with one attached hydrogen (secondary N) is 2. The highest BCUT2D eigenvalue weighted by Crippen LogP contribution is 2.19. The quantitative estimate of drug-likeness (QED) is 0.511. The van der Waals surface area contributed by atoms with Gasteiger partial charge >= 0.3 is 0 Å². The summed E-state index contributed by atoms with van der Waals surface area (Å²) in [6.07, 6.45) is 5.95. The van der Waals surface area contributed by atoms with Crippen LogP contribution < -0.4 is 10.6 Å². The first-order chi connectivity index (χ1) is 13.3. The van der Waals surface area contributed by atoms with Crippen molar-refractivity contribution in [1.29, 1.82) is 0 Å². The van der Waals surface area contributed by atoms with Gasteiger partial charge in [0.05, 0.1) is 11.4 Å². The second-order valence-corrected chi connectivity index (χ2v) is 9.76. The fourth-order valence-electron chi connectivity index (χ4n) is 3.67. The summed E-state index contributed by atoms with van der Waals surface area (Å²) in [5, 5.41) is 6.69. The number of benzene rings is 1. The van der Waals surface area contributed by atoms with Gasteiger partial charge in [0.25, 0.3) is 0 Å². The van der Waals surface area contributed by atoms with Crippen molar-refractivity contribution in [2.45, 2.75) is 63.4 Å². The number of hydrogen-bond acceptors (Lipinski definition) is 4. The normalized spacial score (nSPS) is 20.0. The summed E-state index contributed by atoms with van der Waals surface area (Å²) >= 11 is 0. The van der Waals surface area contributed by atoms with E-state index in [4.69, 9.17) is 4.99 Å². The van der Waals surface area contributed by atoms with Gasteiger partial charge in [0.15, 0.2) is 15.8 Å². The Hall–Kier alpha value is -1.60. The zero-order valence-electron chi connectivity index (χ0n) is 17.7. The number of piperidine rings is 1. The molecule has 2 atom stereocenters. The molecule has 7 heteroatoms. The average Bonchev–Trinajstić information content (AvgIpc) is 2.66. The van der Waals surface area contributed by atoms with Crippen molar-refractivity contribution in [3.05, 3.63) is 29.8 Å². The second-order valence-electron chi connectivity index (χ2n) is 7.74. The predicted octanol–water partition coefficient (Wildman–Crippen LogP) is 2.45. The molecule has 2 unspecified atom stereocenters. The van der Waals surface area contributed by atoms with Gasteiger partial charge < -0.3 is 10.6 Å². The van der Waals surface area contributed by atoms with E-state index in [9.17, 15) is 8.42 Å². The third-order valence-corrected chi connectivity index (χ3v) is 6.46. The zero-order chi connectivity index (χ0) is 20.6. The molecule has 28 heavy (non-hydrogen) atoms. The molecule has 0 spiro atoms. The lowest BCUT2D eigenvalue weighted by Crippen LogP contribution is -2.45. The molecule has 2 rings (SSSR count). The van der Waals surface area contributed by atoms with Crippen LogP contribution in [0.2, 0.25) is 0 Å². The molecular weight excluding hydrogens is 372 g/mol. The van der Waals surface area contributed by atoms with Crippen molar-refractivity contribution >= 4 is 15.8 Å². The lowest BCUT2D eigenvalue weighted by Gasteiger charge is -2.37. The van der Waals surface area contributed by atoms with Crippen LogP contribution in [0.4, 0.5) is 0 Å². The summed E-state index contributed by atoms with van der Waals surface area (Å²) in [7, 11) is -3.14. The first-order valence-electron chi connectivity index (χ1n) is 10.4. The Labute approximate surface area is 170 Å². The predicted molar refractivity (Wildman–Crippen MR) is 117 cm³/mol. The summed E-state index contributed by atoms with van der Waals surface area (Å²) in [4.78, 5) is 7.70. The average molecular weight is 409 g/mol. The molecule has 0 aliphatic carbocycles. The maximum Gasteiger partial charge on any atom is 0.191 e. The van der Waals surface area contributed by atoms with Crippen molar-refractivity contribution in [2.24, 2.45) is 4.99 Å². The Balaban J connectivity index is 1.85. The van der Waals surface area contributed by atoms with Gasteiger partial charge in [0.1, 0.15) is 0 Å². The maximum atomic E-state index is 11.5. The minimum Gasteiger partial charge on any atom is -0.357 e. The fourth-order valence-corrected chi connectivity index (χ4v) is 4.30. The molecule has 0 saturated carbocycles. The van der Waals surface area contributed by atoms with E-state index >= 15 is 0 Å². The Morgan fingerprint density at radius 1 is 1.25 bits per heavy atom. The van der Waals surface area contributed by atoms with Crippen molar-refractivity contribution in [3.63, 3.8) is 0 Å². The van der Waals surface area contributed by atoms with Crippen LogP contribution in [-0.2, 0) is 16.3 Å². The van der Waals surface area contributed by atoms with Gasteiger partial charge in [-0.25, -0.2) is 8.42 Å². The van der Waals surface area contributed by atoms with Crippen LogP contribution in [-0.4, -0.2) is 63.8 Å². The molecule has 6 nitrogen and oxygen atoms in total. The van der Waals surface area contributed by atoms with E-state index in [1.807, 2.05) is 12.1 Å². The molecule has 0 bridgehead atoms. The molecule has 1 aromatic carbocycles. The molecule has 0 aromatic heterocycles. The minimum atomic E-state index is -3.14. The van der Waals surface area contributed by atoms with E-state index in [2.05, 4.69) is 36.3 Å². The molecule has 1 saturated heterocycles. The molecule has 0 amide bonds. The number of guanidine groups is 1. The van der Waals surface area contributed by atoms with Crippen molar-refractivity contribution < 1.29 is 8.42 Å². The molecular formula is C21H36N4O2S. The van der Waals surface area contributed by atoms with E-state index in [1.165, 1.54) is 32.1 Å². The van der Waals surface area contributed by atoms with Crippen molar-refractivity contribution in [1.82, 2.24) is 15.5 Å². The largest absolute Gasteiger partial charge is 0.357 e. The lowest BCUT2D eigenvalue weighted by molar-refractivity contribution is 0.118. The van der Waals surface area contributed by atoms with Gasteiger partial charge in [0, 0.05) is 31.4 Å². The van der Waals surface area contributed by atoms with E-state index < -0.39 is 9.84 Å². The van der Waals surface area contributed by atoms with E-state index in [0.717, 1.165) is 37.6 Å². The van der Waals surface area contributed by atoms with Gasteiger partial charge in [-0.3, -0.25) is 9.89 Å². The monoisotopic (exact) mass is 408 g/mol. The molecule has 2 N–H and O–H groups in total. The zero-order valence-corrected chi connectivity index (χ0v) is 18.6. The van der Waals surface area contributed by atoms with Crippen molar-refractivity contribution in [2.75, 3.05) is 32.4 Å². The van der Waals surface area contributed by atoms with Crippen LogP contribution >= 0.6 is 0 Å². The standard InChI is InChI=1S/C21H36N4O2S/c1-5-22-21(24-16-18(3)25-15-7-6-8-17(25)2)23-14-13-19-9-11-20(12-10-19)28(4,26)27/h9-12,17-18H,5-8,13-16H2,1-4H3,(H2,22,23,24). The number of aliphatic imine (C=N–C) groups is 1. The van der Waals surface area contributed by atoms with E-state index in [1.54, 1.807) is 12.1 Å². The Bertz CT molecular complexity index is 731. The van der Waals surface area contributed by atoms with Crippen LogP contribution in [0.3, 0.4) is 0 Å². The fraction of sp³-hybridized carbons (Fsp3) is 0.667.